The second-order valence-corrected chi connectivity index (χ2v) is 2.76. The molecule has 0 aliphatic heterocycles. The van der Waals surface area contributed by atoms with Crippen LogP contribution in [0.2, 0.25) is 0 Å². The summed E-state index contributed by atoms with van der Waals surface area (Å²) in [5.74, 6) is -0.0168. The van der Waals surface area contributed by atoms with Gasteiger partial charge in [0.25, 0.3) is 0 Å². The number of hydrogen-bond donors (Lipinski definition) is 3. The normalized spacial score (nSPS) is 12.6. The Kier molecular flexibility index (Phi) is 6.70. The van der Waals surface area contributed by atoms with Crippen LogP contribution in [0.1, 0.15) is 20.3 Å². The molecule has 0 aromatic heterocycles. The van der Waals surface area contributed by atoms with Crippen molar-refractivity contribution in [2.45, 2.75) is 26.4 Å². The third-order valence-electron chi connectivity index (χ3n) is 1.37. The third-order valence-corrected chi connectivity index (χ3v) is 1.37. The van der Waals surface area contributed by atoms with Crippen molar-refractivity contribution < 1.29 is 9.90 Å². The molecule has 0 heterocycles. The summed E-state index contributed by atoms with van der Waals surface area (Å²) in [4.78, 5) is 11.0. The summed E-state index contributed by atoms with van der Waals surface area (Å²) in [5, 5.41) is 14.5. The first-order valence-electron chi connectivity index (χ1n) is 4.32. The van der Waals surface area contributed by atoms with Gasteiger partial charge in [-0.2, -0.15) is 0 Å². The van der Waals surface area contributed by atoms with Crippen molar-refractivity contribution in [1.82, 2.24) is 10.6 Å². The monoisotopic (exact) mass is 174 g/mol. The number of carbonyl (C=O) groups is 1. The van der Waals surface area contributed by atoms with Crippen LogP contribution in [-0.2, 0) is 4.79 Å². The Morgan fingerprint density at radius 1 is 1.58 bits per heavy atom. The van der Waals surface area contributed by atoms with Crippen molar-refractivity contribution in [1.29, 1.82) is 0 Å². The first kappa shape index (κ1) is 11.4. The van der Waals surface area contributed by atoms with Crippen LogP contribution in [0.15, 0.2) is 0 Å². The molecular formula is C8H18N2O2. The van der Waals surface area contributed by atoms with Gasteiger partial charge in [0, 0.05) is 19.5 Å². The molecule has 1 amide bonds. The second kappa shape index (κ2) is 7.06. The van der Waals surface area contributed by atoms with Gasteiger partial charge in [-0.1, -0.05) is 6.92 Å². The SMILES string of the molecule is CCNCCC(=O)NC[C@H](C)O. The number of aliphatic hydroxyl groups excluding tert-OH is 1. The number of rotatable bonds is 6. The number of amides is 1. The number of aliphatic hydroxyl groups is 1. The van der Waals surface area contributed by atoms with E-state index in [1.54, 1.807) is 6.92 Å². The van der Waals surface area contributed by atoms with Crippen molar-refractivity contribution in [3.05, 3.63) is 0 Å². The highest BCUT2D eigenvalue weighted by molar-refractivity contribution is 5.76. The summed E-state index contributed by atoms with van der Waals surface area (Å²) < 4.78 is 0. The van der Waals surface area contributed by atoms with E-state index in [9.17, 15) is 4.79 Å². The molecule has 0 saturated heterocycles. The molecule has 12 heavy (non-hydrogen) atoms. The topological polar surface area (TPSA) is 61.4 Å². The Labute approximate surface area is 73.3 Å². The molecule has 0 radical (unpaired) electrons. The quantitative estimate of drug-likeness (QED) is 0.475. The van der Waals surface area contributed by atoms with Crippen molar-refractivity contribution >= 4 is 5.91 Å². The molecular weight excluding hydrogens is 156 g/mol. The molecule has 0 bridgehead atoms. The minimum atomic E-state index is -0.465. The molecule has 0 spiro atoms. The fraction of sp³-hybridized carbons (Fsp3) is 0.875. The molecule has 4 heteroatoms. The van der Waals surface area contributed by atoms with E-state index in [-0.39, 0.29) is 5.91 Å². The van der Waals surface area contributed by atoms with Gasteiger partial charge in [0.2, 0.25) is 5.91 Å². The molecule has 0 aromatic carbocycles. The fourth-order valence-corrected chi connectivity index (χ4v) is 0.729. The molecule has 0 aromatic rings. The van der Waals surface area contributed by atoms with Crippen molar-refractivity contribution in [3.8, 4) is 0 Å². The molecule has 72 valence electrons. The highest BCUT2D eigenvalue weighted by Crippen LogP contribution is 1.79. The molecule has 0 fully saturated rings. The Balaban J connectivity index is 3.22. The first-order valence-corrected chi connectivity index (χ1v) is 4.32. The summed E-state index contributed by atoms with van der Waals surface area (Å²) in [6, 6.07) is 0. The zero-order chi connectivity index (χ0) is 9.40. The van der Waals surface area contributed by atoms with Crippen molar-refractivity contribution in [2.75, 3.05) is 19.6 Å². The highest BCUT2D eigenvalue weighted by atomic mass is 16.3. The number of hydrogen-bond acceptors (Lipinski definition) is 3. The predicted molar refractivity (Wildman–Crippen MR) is 47.9 cm³/mol. The van der Waals surface area contributed by atoms with Crippen LogP contribution in [0.5, 0.6) is 0 Å². The Bertz CT molecular complexity index is 126. The smallest absolute Gasteiger partial charge is 0.221 e. The van der Waals surface area contributed by atoms with Crippen LogP contribution in [0.4, 0.5) is 0 Å². The molecule has 0 rings (SSSR count). The molecule has 0 aliphatic carbocycles. The van der Waals surface area contributed by atoms with E-state index in [0.29, 0.717) is 19.5 Å². The summed E-state index contributed by atoms with van der Waals surface area (Å²) >= 11 is 0. The largest absolute Gasteiger partial charge is 0.392 e. The van der Waals surface area contributed by atoms with E-state index in [0.717, 1.165) is 6.54 Å². The summed E-state index contributed by atoms with van der Waals surface area (Å²) in [5.41, 5.74) is 0. The summed E-state index contributed by atoms with van der Waals surface area (Å²) in [7, 11) is 0. The van der Waals surface area contributed by atoms with Crippen LogP contribution in [0.25, 0.3) is 0 Å². The first-order chi connectivity index (χ1) is 5.66. The zero-order valence-electron chi connectivity index (χ0n) is 7.76. The van der Waals surface area contributed by atoms with Gasteiger partial charge in [-0.25, -0.2) is 0 Å². The van der Waals surface area contributed by atoms with Crippen LogP contribution >= 0.6 is 0 Å². The van der Waals surface area contributed by atoms with Gasteiger partial charge in [-0.05, 0) is 13.5 Å². The van der Waals surface area contributed by atoms with Crippen LogP contribution in [0.3, 0.4) is 0 Å². The van der Waals surface area contributed by atoms with E-state index in [1.807, 2.05) is 6.92 Å². The van der Waals surface area contributed by atoms with Crippen LogP contribution in [-0.4, -0.2) is 36.8 Å². The lowest BCUT2D eigenvalue weighted by atomic mass is 10.3. The van der Waals surface area contributed by atoms with E-state index < -0.39 is 6.10 Å². The zero-order valence-corrected chi connectivity index (χ0v) is 7.76. The molecule has 3 N–H and O–H groups in total. The molecule has 4 nitrogen and oxygen atoms in total. The maximum atomic E-state index is 11.0. The van der Waals surface area contributed by atoms with E-state index in [2.05, 4.69) is 10.6 Å². The van der Waals surface area contributed by atoms with Crippen LogP contribution < -0.4 is 10.6 Å². The lowest BCUT2D eigenvalue weighted by Crippen LogP contribution is -2.32. The maximum Gasteiger partial charge on any atom is 0.221 e. The minimum absolute atomic E-state index is 0.0168. The van der Waals surface area contributed by atoms with Gasteiger partial charge < -0.3 is 15.7 Å². The van der Waals surface area contributed by atoms with Gasteiger partial charge in [0.1, 0.15) is 0 Å². The molecule has 1 atom stereocenters. The van der Waals surface area contributed by atoms with Gasteiger partial charge >= 0.3 is 0 Å². The van der Waals surface area contributed by atoms with E-state index in [1.165, 1.54) is 0 Å². The summed E-state index contributed by atoms with van der Waals surface area (Å²) in [6.07, 6.45) is 0.00804. The standard InChI is InChI=1S/C8H18N2O2/c1-3-9-5-4-8(12)10-6-7(2)11/h7,9,11H,3-6H2,1-2H3,(H,10,12)/t7-/m0/s1. The predicted octanol–water partition coefficient (Wildman–Crippen LogP) is -0.517. The van der Waals surface area contributed by atoms with Crippen LogP contribution in [0, 0.1) is 0 Å². The van der Waals surface area contributed by atoms with Crippen molar-refractivity contribution in [2.24, 2.45) is 0 Å². The molecule has 0 saturated carbocycles. The van der Waals surface area contributed by atoms with E-state index in [4.69, 9.17) is 5.11 Å². The number of carbonyl (C=O) groups excluding carboxylic acids is 1. The number of nitrogens with one attached hydrogen (secondary N) is 2. The lowest BCUT2D eigenvalue weighted by Gasteiger charge is -2.06. The molecule has 0 unspecified atom stereocenters. The molecule has 0 aliphatic rings. The van der Waals surface area contributed by atoms with E-state index >= 15 is 0 Å². The minimum Gasteiger partial charge on any atom is -0.392 e. The average molecular weight is 174 g/mol. The second-order valence-electron chi connectivity index (χ2n) is 2.76. The van der Waals surface area contributed by atoms with Gasteiger partial charge in [0.05, 0.1) is 6.10 Å². The average Bonchev–Trinajstić information content (AvgIpc) is 2.01. The van der Waals surface area contributed by atoms with Crippen molar-refractivity contribution in [3.63, 3.8) is 0 Å². The lowest BCUT2D eigenvalue weighted by molar-refractivity contribution is -0.121. The third kappa shape index (κ3) is 7.50. The highest BCUT2D eigenvalue weighted by Gasteiger charge is 2.01. The van der Waals surface area contributed by atoms with Gasteiger partial charge in [0.15, 0.2) is 0 Å². The van der Waals surface area contributed by atoms with Gasteiger partial charge in [-0.3, -0.25) is 4.79 Å². The maximum absolute atomic E-state index is 11.0. The Morgan fingerprint density at radius 2 is 2.25 bits per heavy atom. The Hall–Kier alpha value is -0.610. The Morgan fingerprint density at radius 3 is 2.75 bits per heavy atom. The fourth-order valence-electron chi connectivity index (χ4n) is 0.729. The summed E-state index contributed by atoms with van der Waals surface area (Å²) in [6.45, 7) is 5.55. The van der Waals surface area contributed by atoms with Gasteiger partial charge in [-0.15, -0.1) is 0 Å².